The second-order valence-corrected chi connectivity index (χ2v) is 6.24. The molecule has 22 heavy (non-hydrogen) atoms. The van der Waals surface area contributed by atoms with Crippen LogP contribution in [0.4, 0.5) is 4.79 Å². The topological polar surface area (TPSA) is 70.6 Å². The molecule has 1 aromatic carbocycles. The molecule has 1 heterocycles. The van der Waals surface area contributed by atoms with E-state index in [0.29, 0.717) is 11.6 Å². The number of rotatable bonds is 5. The van der Waals surface area contributed by atoms with Crippen LogP contribution in [0.25, 0.3) is 0 Å². The third-order valence-electron chi connectivity index (χ3n) is 4.11. The molecule has 0 aliphatic carbocycles. The molecular weight excluding hydrogens is 304 g/mol. The fraction of sp³-hybridized carbons (Fsp3) is 0.562. The monoisotopic (exact) mass is 326 g/mol. The fourth-order valence-corrected chi connectivity index (χ4v) is 2.56. The Hall–Kier alpha value is -1.30. The van der Waals surface area contributed by atoms with Gasteiger partial charge in [-0.2, -0.15) is 0 Å². The summed E-state index contributed by atoms with van der Waals surface area (Å²) in [6.07, 6.45) is 0.610. The Labute approximate surface area is 136 Å². The van der Waals surface area contributed by atoms with Crippen molar-refractivity contribution in [3.8, 4) is 0 Å². The van der Waals surface area contributed by atoms with Crippen LogP contribution in [0.3, 0.4) is 0 Å². The molecule has 4 atom stereocenters. The third kappa shape index (κ3) is 4.35. The minimum atomic E-state index is -0.234. The maximum Gasteiger partial charge on any atom is 0.315 e. The van der Waals surface area contributed by atoms with Crippen molar-refractivity contribution in [2.45, 2.75) is 38.5 Å². The smallest absolute Gasteiger partial charge is 0.315 e. The summed E-state index contributed by atoms with van der Waals surface area (Å²) in [5.41, 5.74) is 1.00. The molecule has 2 amide bonds. The molecule has 5 nitrogen and oxygen atoms in total. The van der Waals surface area contributed by atoms with Gasteiger partial charge in [0, 0.05) is 24.3 Å². The molecule has 1 aromatic rings. The molecule has 0 bridgehead atoms. The minimum Gasteiger partial charge on any atom is -0.396 e. The van der Waals surface area contributed by atoms with E-state index in [4.69, 9.17) is 21.4 Å². The summed E-state index contributed by atoms with van der Waals surface area (Å²) in [4.78, 5) is 12.1. The highest BCUT2D eigenvalue weighted by Gasteiger charge is 2.31. The van der Waals surface area contributed by atoms with Gasteiger partial charge < -0.3 is 20.5 Å². The number of urea groups is 1. The number of carbonyl (C=O) groups is 1. The number of aliphatic hydroxyl groups is 1. The summed E-state index contributed by atoms with van der Waals surface area (Å²) >= 11 is 5.90. The maximum atomic E-state index is 12.1. The Morgan fingerprint density at radius 2 is 2.09 bits per heavy atom. The van der Waals surface area contributed by atoms with Crippen LogP contribution in [0.5, 0.6) is 0 Å². The van der Waals surface area contributed by atoms with Crippen molar-refractivity contribution >= 4 is 17.6 Å². The first-order chi connectivity index (χ1) is 10.5. The van der Waals surface area contributed by atoms with Gasteiger partial charge in [0.15, 0.2) is 0 Å². The fourth-order valence-electron chi connectivity index (χ4n) is 2.44. The normalized spacial score (nSPS) is 23.8. The Bertz CT molecular complexity index is 495. The van der Waals surface area contributed by atoms with Gasteiger partial charge in [0.05, 0.1) is 6.04 Å². The van der Waals surface area contributed by atoms with Crippen molar-refractivity contribution in [2.24, 2.45) is 5.92 Å². The predicted octanol–water partition coefficient (Wildman–Crippen LogP) is 2.49. The molecule has 0 aromatic heterocycles. The quantitative estimate of drug-likeness (QED) is 0.778. The van der Waals surface area contributed by atoms with Gasteiger partial charge in [-0.3, -0.25) is 0 Å². The average Bonchev–Trinajstić information content (AvgIpc) is 2.95. The van der Waals surface area contributed by atoms with Crippen LogP contribution in [0.2, 0.25) is 5.02 Å². The zero-order valence-corrected chi connectivity index (χ0v) is 13.6. The number of halogens is 1. The molecule has 0 spiro atoms. The second kappa shape index (κ2) is 7.81. The molecule has 4 unspecified atom stereocenters. The molecule has 0 radical (unpaired) electrons. The maximum absolute atomic E-state index is 12.1. The zero-order chi connectivity index (χ0) is 16.1. The van der Waals surface area contributed by atoms with E-state index in [1.807, 2.05) is 38.1 Å². The summed E-state index contributed by atoms with van der Waals surface area (Å²) in [6, 6.07) is 7.07. The molecule has 2 rings (SSSR count). The molecule has 1 aliphatic rings. The second-order valence-electron chi connectivity index (χ2n) is 5.80. The van der Waals surface area contributed by atoms with Crippen LogP contribution in [0, 0.1) is 5.92 Å². The number of amides is 2. The van der Waals surface area contributed by atoms with Crippen LogP contribution in [0.15, 0.2) is 24.3 Å². The number of carbonyl (C=O) groups excluding carboxylic acids is 1. The van der Waals surface area contributed by atoms with E-state index in [0.717, 1.165) is 12.0 Å². The first kappa shape index (κ1) is 17.1. The number of hydrogen-bond acceptors (Lipinski definition) is 3. The SMILES string of the molecule is CC(CO)C(C)NC(=O)NC1CCOC1c1ccc(Cl)cc1. The Kier molecular flexibility index (Phi) is 6.06. The zero-order valence-electron chi connectivity index (χ0n) is 12.9. The van der Waals surface area contributed by atoms with Gasteiger partial charge >= 0.3 is 6.03 Å². The number of benzene rings is 1. The van der Waals surface area contributed by atoms with Crippen molar-refractivity contribution in [3.05, 3.63) is 34.9 Å². The highest BCUT2D eigenvalue weighted by molar-refractivity contribution is 6.30. The summed E-state index contributed by atoms with van der Waals surface area (Å²) < 4.78 is 5.74. The van der Waals surface area contributed by atoms with Crippen LogP contribution in [0.1, 0.15) is 31.9 Å². The van der Waals surface area contributed by atoms with Gasteiger partial charge in [-0.15, -0.1) is 0 Å². The van der Waals surface area contributed by atoms with Crippen LogP contribution in [-0.2, 0) is 4.74 Å². The molecule has 3 N–H and O–H groups in total. The summed E-state index contributed by atoms with van der Waals surface area (Å²) in [5, 5.41) is 15.6. The molecule has 122 valence electrons. The van der Waals surface area contributed by atoms with Crippen LogP contribution in [-0.4, -0.2) is 36.4 Å². The van der Waals surface area contributed by atoms with Crippen molar-refractivity contribution in [1.82, 2.24) is 10.6 Å². The van der Waals surface area contributed by atoms with Gasteiger partial charge in [-0.05, 0) is 37.0 Å². The lowest BCUT2D eigenvalue weighted by Crippen LogP contribution is -2.48. The van der Waals surface area contributed by atoms with E-state index in [-0.39, 0.29) is 36.7 Å². The minimum absolute atomic E-state index is 0.0117. The summed E-state index contributed by atoms with van der Waals surface area (Å²) in [6.45, 7) is 4.42. The molecular formula is C16H23ClN2O3. The van der Waals surface area contributed by atoms with E-state index < -0.39 is 0 Å². The summed E-state index contributed by atoms with van der Waals surface area (Å²) in [7, 11) is 0. The van der Waals surface area contributed by atoms with E-state index in [1.165, 1.54) is 0 Å². The Morgan fingerprint density at radius 1 is 1.41 bits per heavy atom. The Balaban J connectivity index is 1.93. The summed E-state index contributed by atoms with van der Waals surface area (Å²) in [5.74, 6) is 0.0117. The van der Waals surface area contributed by atoms with Crippen LogP contribution < -0.4 is 10.6 Å². The largest absolute Gasteiger partial charge is 0.396 e. The lowest BCUT2D eigenvalue weighted by molar-refractivity contribution is 0.0996. The molecule has 1 aliphatic heterocycles. The van der Waals surface area contributed by atoms with Gasteiger partial charge in [0.1, 0.15) is 6.10 Å². The van der Waals surface area contributed by atoms with Gasteiger partial charge in [-0.1, -0.05) is 30.7 Å². The number of ether oxygens (including phenoxy) is 1. The van der Waals surface area contributed by atoms with Crippen molar-refractivity contribution in [1.29, 1.82) is 0 Å². The third-order valence-corrected chi connectivity index (χ3v) is 4.36. The number of hydrogen-bond donors (Lipinski definition) is 3. The van der Waals surface area contributed by atoms with E-state index in [9.17, 15) is 4.79 Å². The lowest BCUT2D eigenvalue weighted by Gasteiger charge is -2.24. The van der Waals surface area contributed by atoms with E-state index in [2.05, 4.69) is 10.6 Å². The molecule has 1 saturated heterocycles. The number of aliphatic hydroxyl groups excluding tert-OH is 1. The number of nitrogens with one attached hydrogen (secondary N) is 2. The highest BCUT2D eigenvalue weighted by Crippen LogP contribution is 2.29. The van der Waals surface area contributed by atoms with Crippen molar-refractivity contribution in [2.75, 3.05) is 13.2 Å². The first-order valence-corrected chi connectivity index (χ1v) is 7.94. The highest BCUT2D eigenvalue weighted by atomic mass is 35.5. The predicted molar refractivity (Wildman–Crippen MR) is 85.9 cm³/mol. The van der Waals surface area contributed by atoms with Crippen molar-refractivity contribution < 1.29 is 14.6 Å². The van der Waals surface area contributed by atoms with Gasteiger partial charge in [0.2, 0.25) is 0 Å². The van der Waals surface area contributed by atoms with E-state index >= 15 is 0 Å². The molecule has 1 fully saturated rings. The molecule has 6 heteroatoms. The van der Waals surface area contributed by atoms with Gasteiger partial charge in [0.25, 0.3) is 0 Å². The van der Waals surface area contributed by atoms with E-state index in [1.54, 1.807) is 0 Å². The lowest BCUT2D eigenvalue weighted by atomic mass is 10.0. The average molecular weight is 327 g/mol. The Morgan fingerprint density at radius 3 is 2.73 bits per heavy atom. The van der Waals surface area contributed by atoms with Crippen LogP contribution >= 0.6 is 11.6 Å². The first-order valence-electron chi connectivity index (χ1n) is 7.56. The van der Waals surface area contributed by atoms with Crippen molar-refractivity contribution in [3.63, 3.8) is 0 Å². The molecule has 0 saturated carbocycles. The van der Waals surface area contributed by atoms with Gasteiger partial charge in [-0.25, -0.2) is 4.79 Å². The standard InChI is InChI=1S/C16H23ClN2O3/c1-10(9-20)11(2)18-16(21)19-14-7-8-22-15(14)12-3-5-13(17)6-4-12/h3-6,10-11,14-15,20H,7-9H2,1-2H3,(H2,18,19,21).